The van der Waals surface area contributed by atoms with Crippen LogP contribution in [0.3, 0.4) is 0 Å². The Bertz CT molecular complexity index is 682. The van der Waals surface area contributed by atoms with Gasteiger partial charge < -0.3 is 14.6 Å². The smallest absolute Gasteiger partial charge is 0.241 e. The molecule has 27 heavy (non-hydrogen) atoms. The highest BCUT2D eigenvalue weighted by Crippen LogP contribution is 2.33. The van der Waals surface area contributed by atoms with Gasteiger partial charge >= 0.3 is 0 Å². The maximum absolute atomic E-state index is 12.2. The molecule has 0 amide bonds. The molecule has 1 N–H and O–H groups in total. The molecule has 2 aromatic rings. The lowest BCUT2D eigenvalue weighted by atomic mass is 9.78. The molecule has 148 valence electrons. The average Bonchev–Trinajstić information content (AvgIpc) is 2.66. The van der Waals surface area contributed by atoms with Crippen molar-refractivity contribution < 1.29 is 23.4 Å². The molecule has 0 spiro atoms. The van der Waals surface area contributed by atoms with Crippen LogP contribution in [0.25, 0.3) is 0 Å². The largest absolute Gasteiger partial charge is 0.493 e. The molecule has 0 saturated heterocycles. The van der Waals surface area contributed by atoms with E-state index in [0.29, 0.717) is 12.4 Å². The fraction of sp³-hybridized carbons (Fsp3) is 0.455. The van der Waals surface area contributed by atoms with Crippen molar-refractivity contribution in [3.63, 3.8) is 0 Å². The van der Waals surface area contributed by atoms with Crippen LogP contribution in [0.2, 0.25) is 0 Å². The third kappa shape index (κ3) is 6.21. The molecule has 0 heterocycles. The summed E-state index contributed by atoms with van der Waals surface area (Å²) in [5.41, 5.74) is 2.01. The zero-order valence-corrected chi connectivity index (χ0v) is 16.1. The van der Waals surface area contributed by atoms with E-state index in [9.17, 15) is 8.78 Å². The van der Waals surface area contributed by atoms with Crippen LogP contribution < -0.4 is 9.47 Å². The maximum atomic E-state index is 12.2. The van der Waals surface area contributed by atoms with Gasteiger partial charge in [-0.2, -0.15) is 0 Å². The van der Waals surface area contributed by atoms with Gasteiger partial charge in [-0.25, -0.2) is 8.78 Å². The van der Waals surface area contributed by atoms with Gasteiger partial charge in [0.1, 0.15) is 11.5 Å². The lowest BCUT2D eigenvalue weighted by Gasteiger charge is -2.26. The molecule has 0 saturated carbocycles. The highest BCUT2D eigenvalue weighted by molar-refractivity contribution is 5.41. The summed E-state index contributed by atoms with van der Waals surface area (Å²) in [5.74, 6) is 1.47. The van der Waals surface area contributed by atoms with Gasteiger partial charge in [-0.1, -0.05) is 45.0 Å². The second-order valence-electron chi connectivity index (χ2n) is 7.30. The molecule has 0 aromatic heterocycles. The maximum Gasteiger partial charge on any atom is 0.241 e. The normalized spacial score (nSPS) is 12.9. The highest BCUT2D eigenvalue weighted by Gasteiger charge is 2.23. The molecule has 2 aromatic carbocycles. The number of alkyl halides is 2. The monoisotopic (exact) mass is 378 g/mol. The van der Waals surface area contributed by atoms with E-state index in [1.54, 1.807) is 0 Å². The van der Waals surface area contributed by atoms with Crippen molar-refractivity contribution in [2.24, 2.45) is 5.92 Å². The van der Waals surface area contributed by atoms with E-state index in [0.717, 1.165) is 16.9 Å². The Morgan fingerprint density at radius 1 is 0.889 bits per heavy atom. The number of halogens is 2. The summed E-state index contributed by atoms with van der Waals surface area (Å²) in [4.78, 5) is 0. The van der Waals surface area contributed by atoms with Gasteiger partial charge in [-0.05, 0) is 35.4 Å². The molecule has 0 radical (unpaired) electrons. The fourth-order valence-corrected chi connectivity index (χ4v) is 2.66. The summed E-state index contributed by atoms with van der Waals surface area (Å²) in [7, 11) is 0. The first-order valence-corrected chi connectivity index (χ1v) is 9.18. The van der Waals surface area contributed by atoms with E-state index < -0.39 is 6.43 Å². The van der Waals surface area contributed by atoms with E-state index in [-0.39, 0.29) is 31.0 Å². The van der Waals surface area contributed by atoms with Crippen LogP contribution in [0.15, 0.2) is 48.5 Å². The van der Waals surface area contributed by atoms with Gasteiger partial charge in [0.05, 0.1) is 13.2 Å². The Morgan fingerprint density at radius 2 is 1.37 bits per heavy atom. The van der Waals surface area contributed by atoms with E-state index in [4.69, 9.17) is 14.6 Å². The van der Waals surface area contributed by atoms with Gasteiger partial charge in [0.15, 0.2) is 0 Å². The number of aliphatic hydroxyl groups is 1. The first kappa shape index (κ1) is 21.2. The van der Waals surface area contributed by atoms with E-state index >= 15 is 0 Å². The summed E-state index contributed by atoms with van der Waals surface area (Å²) >= 11 is 0. The van der Waals surface area contributed by atoms with Crippen molar-refractivity contribution in [2.45, 2.75) is 39.0 Å². The zero-order valence-electron chi connectivity index (χ0n) is 16.1. The first-order valence-electron chi connectivity index (χ1n) is 9.18. The van der Waals surface area contributed by atoms with E-state index in [1.807, 2.05) is 55.5 Å². The first-order chi connectivity index (χ1) is 12.8. The summed E-state index contributed by atoms with van der Waals surface area (Å²) < 4.78 is 35.4. The van der Waals surface area contributed by atoms with Crippen molar-refractivity contribution in [1.82, 2.24) is 0 Å². The minimum atomic E-state index is -2.35. The zero-order chi connectivity index (χ0) is 19.9. The second-order valence-corrected chi connectivity index (χ2v) is 7.30. The Morgan fingerprint density at radius 3 is 1.81 bits per heavy atom. The third-order valence-corrected chi connectivity index (χ3v) is 4.60. The molecule has 3 nitrogen and oxygen atoms in total. The topological polar surface area (TPSA) is 38.7 Å². The Hall–Kier alpha value is -2.14. The molecule has 0 aliphatic carbocycles. The Kier molecular flexibility index (Phi) is 7.60. The van der Waals surface area contributed by atoms with Crippen LogP contribution >= 0.6 is 0 Å². The van der Waals surface area contributed by atoms with Crippen LogP contribution in [-0.4, -0.2) is 31.4 Å². The van der Waals surface area contributed by atoms with Crippen LogP contribution in [0, 0.1) is 5.92 Å². The summed E-state index contributed by atoms with van der Waals surface area (Å²) in [6.45, 7) is 6.78. The van der Waals surface area contributed by atoms with Crippen molar-refractivity contribution >= 4 is 0 Å². The molecule has 1 unspecified atom stereocenters. The van der Waals surface area contributed by atoms with Crippen LogP contribution in [0.4, 0.5) is 8.78 Å². The molecule has 0 fully saturated rings. The lowest BCUT2D eigenvalue weighted by molar-refractivity contribution is 0.114. The molecular formula is C22H28F2O3. The van der Waals surface area contributed by atoms with Crippen molar-refractivity contribution in [3.8, 4) is 11.5 Å². The third-order valence-electron chi connectivity index (χ3n) is 4.60. The molecule has 0 aliphatic rings. The number of hydrogen-bond donors (Lipinski definition) is 1. The van der Waals surface area contributed by atoms with Crippen molar-refractivity contribution in [3.05, 3.63) is 59.7 Å². The number of benzene rings is 2. The molecule has 0 aliphatic heterocycles. The van der Waals surface area contributed by atoms with Gasteiger partial charge in [0.2, 0.25) is 6.43 Å². The lowest BCUT2D eigenvalue weighted by Crippen LogP contribution is -2.19. The van der Waals surface area contributed by atoms with Crippen molar-refractivity contribution in [2.75, 3.05) is 19.8 Å². The number of hydrogen-bond acceptors (Lipinski definition) is 3. The standard InChI is InChI=1S/C22H28F2O3/c1-16(14-25)15-27-20-10-6-18(7-11-20)22(2,3)17-4-8-19(9-5-17)26-13-12-21(23)24/h4-11,16,21,25H,12-15H2,1-3H3. The van der Waals surface area contributed by atoms with Crippen LogP contribution in [-0.2, 0) is 5.41 Å². The van der Waals surface area contributed by atoms with E-state index in [1.165, 1.54) is 0 Å². The molecule has 2 rings (SSSR count). The Labute approximate surface area is 159 Å². The summed E-state index contributed by atoms with van der Waals surface area (Å²) in [6, 6.07) is 15.5. The van der Waals surface area contributed by atoms with Gasteiger partial charge in [-0.15, -0.1) is 0 Å². The molecular weight excluding hydrogens is 350 g/mol. The van der Waals surface area contributed by atoms with Gasteiger partial charge in [0, 0.05) is 24.4 Å². The SMILES string of the molecule is CC(CO)COc1ccc(C(C)(C)c2ccc(OCCC(F)F)cc2)cc1. The van der Waals surface area contributed by atoms with Crippen LogP contribution in [0.5, 0.6) is 11.5 Å². The van der Waals surface area contributed by atoms with Crippen molar-refractivity contribution in [1.29, 1.82) is 0 Å². The molecule has 1 atom stereocenters. The average molecular weight is 378 g/mol. The molecule has 0 bridgehead atoms. The van der Waals surface area contributed by atoms with Gasteiger partial charge in [-0.3, -0.25) is 0 Å². The summed E-state index contributed by atoms with van der Waals surface area (Å²) in [6.07, 6.45) is -2.61. The van der Waals surface area contributed by atoms with Gasteiger partial charge in [0.25, 0.3) is 0 Å². The summed E-state index contributed by atoms with van der Waals surface area (Å²) in [5, 5.41) is 9.06. The number of rotatable bonds is 10. The Balaban J connectivity index is 2.02. The highest BCUT2D eigenvalue weighted by atomic mass is 19.3. The minimum absolute atomic E-state index is 0.0107. The minimum Gasteiger partial charge on any atom is -0.493 e. The van der Waals surface area contributed by atoms with E-state index in [2.05, 4.69) is 13.8 Å². The van der Waals surface area contributed by atoms with Crippen LogP contribution in [0.1, 0.15) is 38.3 Å². The predicted octanol–water partition coefficient (Wildman–Crippen LogP) is 5.05. The number of ether oxygens (including phenoxy) is 2. The number of aliphatic hydroxyl groups excluding tert-OH is 1. The molecule has 5 heteroatoms. The second kappa shape index (κ2) is 9.70. The fourth-order valence-electron chi connectivity index (χ4n) is 2.66. The predicted molar refractivity (Wildman–Crippen MR) is 103 cm³/mol. The quantitative estimate of drug-likeness (QED) is 0.628.